The molecule has 0 aliphatic carbocycles. The highest BCUT2D eigenvalue weighted by atomic mass is 35.5. The second-order valence-electron chi connectivity index (χ2n) is 4.86. The number of likely N-dealkylation sites (tertiary alicyclic amines) is 1. The predicted molar refractivity (Wildman–Crippen MR) is 77.5 cm³/mol. The third kappa shape index (κ3) is 6.56. The molecule has 1 amide bonds. The van der Waals surface area contributed by atoms with Crippen molar-refractivity contribution in [2.45, 2.75) is 32.7 Å². The molecule has 1 fully saturated rings. The minimum Gasteiger partial charge on any atom is -0.379 e. The van der Waals surface area contributed by atoms with E-state index in [4.69, 9.17) is 15.2 Å². The van der Waals surface area contributed by atoms with Gasteiger partial charge in [0.05, 0.1) is 13.2 Å². The van der Waals surface area contributed by atoms with Gasteiger partial charge >= 0.3 is 0 Å². The average Bonchev–Trinajstić information content (AvgIpc) is 2.38. The Bertz CT molecular complexity index is 254. The number of piperidine rings is 1. The summed E-state index contributed by atoms with van der Waals surface area (Å²) < 4.78 is 10.5. The van der Waals surface area contributed by atoms with E-state index in [9.17, 15) is 4.79 Å². The van der Waals surface area contributed by atoms with E-state index in [2.05, 4.69) is 6.92 Å². The summed E-state index contributed by atoms with van der Waals surface area (Å²) in [5.41, 5.74) is 5.73. The number of nitrogens with zero attached hydrogens (tertiary/aromatic N) is 1. The molecule has 0 aromatic rings. The van der Waals surface area contributed by atoms with Crippen LogP contribution in [0.5, 0.6) is 0 Å². The predicted octanol–water partition coefficient (Wildman–Crippen LogP) is 1.05. The summed E-state index contributed by atoms with van der Waals surface area (Å²) in [6, 6.07) is 0.178. The highest BCUT2D eigenvalue weighted by Crippen LogP contribution is 2.21. The molecule has 1 aliphatic rings. The van der Waals surface area contributed by atoms with Crippen molar-refractivity contribution in [1.29, 1.82) is 0 Å². The van der Waals surface area contributed by atoms with Crippen molar-refractivity contribution in [3.05, 3.63) is 0 Å². The number of halogens is 1. The van der Waals surface area contributed by atoms with Gasteiger partial charge in [-0.15, -0.1) is 12.4 Å². The van der Waals surface area contributed by atoms with Crippen molar-refractivity contribution in [1.82, 2.24) is 4.90 Å². The van der Waals surface area contributed by atoms with Crippen LogP contribution in [0.3, 0.4) is 0 Å². The standard InChI is InChI=1S/C13H26N2O3.ClH/c1-3-17-6-7-18-10-13(16)15-5-4-11(2)8-12(15)9-14;/h11-12H,3-10,14H2,1-2H3;1H. The fourth-order valence-corrected chi connectivity index (χ4v) is 2.31. The second-order valence-corrected chi connectivity index (χ2v) is 4.86. The number of hydrogen-bond acceptors (Lipinski definition) is 4. The van der Waals surface area contributed by atoms with Crippen molar-refractivity contribution in [2.24, 2.45) is 11.7 Å². The first kappa shape index (κ1) is 18.6. The van der Waals surface area contributed by atoms with Gasteiger partial charge in [-0.25, -0.2) is 0 Å². The Balaban J connectivity index is 0.00000324. The maximum atomic E-state index is 12.0. The summed E-state index contributed by atoms with van der Waals surface area (Å²) in [5.74, 6) is 0.704. The molecule has 114 valence electrons. The van der Waals surface area contributed by atoms with Crippen molar-refractivity contribution in [3.63, 3.8) is 0 Å². The Hall–Kier alpha value is -0.360. The molecule has 0 aromatic heterocycles. The molecule has 2 atom stereocenters. The van der Waals surface area contributed by atoms with Gasteiger partial charge in [0.15, 0.2) is 0 Å². The number of rotatable bonds is 7. The van der Waals surface area contributed by atoms with Crippen LogP contribution in [-0.2, 0) is 14.3 Å². The third-order valence-electron chi connectivity index (χ3n) is 3.37. The molecule has 0 saturated carbocycles. The monoisotopic (exact) mass is 294 g/mol. The first-order chi connectivity index (χ1) is 8.69. The Morgan fingerprint density at radius 3 is 2.68 bits per heavy atom. The van der Waals surface area contributed by atoms with Gasteiger partial charge < -0.3 is 20.1 Å². The molecular formula is C13H27ClN2O3. The van der Waals surface area contributed by atoms with Gasteiger partial charge in [0.2, 0.25) is 5.91 Å². The lowest BCUT2D eigenvalue weighted by atomic mass is 9.92. The van der Waals surface area contributed by atoms with Crippen LogP contribution >= 0.6 is 12.4 Å². The van der Waals surface area contributed by atoms with Gasteiger partial charge in [-0.1, -0.05) is 6.92 Å². The molecule has 1 aliphatic heterocycles. The summed E-state index contributed by atoms with van der Waals surface area (Å²) in [4.78, 5) is 13.9. The van der Waals surface area contributed by atoms with Gasteiger partial charge in [-0.2, -0.15) is 0 Å². The number of amides is 1. The fourth-order valence-electron chi connectivity index (χ4n) is 2.31. The van der Waals surface area contributed by atoms with Gasteiger partial charge in [0.1, 0.15) is 6.61 Å². The summed E-state index contributed by atoms with van der Waals surface area (Å²) in [6.45, 7) is 7.31. The van der Waals surface area contributed by atoms with Crippen molar-refractivity contribution < 1.29 is 14.3 Å². The zero-order chi connectivity index (χ0) is 13.4. The first-order valence-electron chi connectivity index (χ1n) is 6.84. The van der Waals surface area contributed by atoms with Crippen LogP contribution in [-0.4, -0.2) is 56.4 Å². The molecule has 2 unspecified atom stereocenters. The third-order valence-corrected chi connectivity index (χ3v) is 3.37. The smallest absolute Gasteiger partial charge is 0.248 e. The topological polar surface area (TPSA) is 64.8 Å². The van der Waals surface area contributed by atoms with E-state index in [0.29, 0.717) is 32.3 Å². The van der Waals surface area contributed by atoms with Crippen molar-refractivity contribution in [3.8, 4) is 0 Å². The summed E-state index contributed by atoms with van der Waals surface area (Å²) in [7, 11) is 0. The molecule has 1 rings (SSSR count). The lowest BCUT2D eigenvalue weighted by Crippen LogP contribution is -2.50. The number of hydrogen-bond donors (Lipinski definition) is 1. The van der Waals surface area contributed by atoms with E-state index in [1.54, 1.807) is 0 Å². The second kappa shape index (κ2) is 10.4. The quantitative estimate of drug-likeness (QED) is 0.713. The average molecular weight is 295 g/mol. The molecule has 0 spiro atoms. The molecule has 1 saturated heterocycles. The van der Waals surface area contributed by atoms with Gasteiger partial charge in [0, 0.05) is 25.7 Å². The summed E-state index contributed by atoms with van der Waals surface area (Å²) in [6.07, 6.45) is 2.06. The van der Waals surface area contributed by atoms with Crippen LogP contribution in [0.15, 0.2) is 0 Å². The lowest BCUT2D eigenvalue weighted by Gasteiger charge is -2.37. The van der Waals surface area contributed by atoms with Crippen LogP contribution in [0.25, 0.3) is 0 Å². The van der Waals surface area contributed by atoms with Crippen molar-refractivity contribution >= 4 is 18.3 Å². The summed E-state index contributed by atoms with van der Waals surface area (Å²) in [5, 5.41) is 0. The Morgan fingerprint density at radius 2 is 2.05 bits per heavy atom. The zero-order valence-electron chi connectivity index (χ0n) is 12.0. The van der Waals surface area contributed by atoms with Crippen LogP contribution in [0.4, 0.5) is 0 Å². The van der Waals surface area contributed by atoms with E-state index in [-0.39, 0.29) is 31.0 Å². The molecule has 0 radical (unpaired) electrons. The SMILES string of the molecule is CCOCCOCC(=O)N1CCC(C)CC1CN.Cl. The van der Waals surface area contributed by atoms with Gasteiger partial charge in [-0.05, 0) is 25.7 Å². The normalized spacial score (nSPS) is 23.0. The first-order valence-corrected chi connectivity index (χ1v) is 6.84. The van der Waals surface area contributed by atoms with Crippen LogP contribution < -0.4 is 5.73 Å². The highest BCUT2D eigenvalue weighted by Gasteiger charge is 2.28. The molecule has 0 aromatic carbocycles. The lowest BCUT2D eigenvalue weighted by molar-refractivity contribution is -0.140. The number of carbonyl (C=O) groups is 1. The van der Waals surface area contributed by atoms with E-state index in [0.717, 1.165) is 19.4 Å². The molecule has 5 nitrogen and oxygen atoms in total. The minimum atomic E-state index is 0. The molecule has 1 heterocycles. The molecule has 2 N–H and O–H groups in total. The van der Waals surface area contributed by atoms with E-state index >= 15 is 0 Å². The van der Waals surface area contributed by atoms with Crippen LogP contribution in [0.2, 0.25) is 0 Å². The maximum absolute atomic E-state index is 12.0. The summed E-state index contributed by atoms with van der Waals surface area (Å²) >= 11 is 0. The minimum absolute atomic E-state index is 0. The number of nitrogens with two attached hydrogens (primary N) is 1. The van der Waals surface area contributed by atoms with Crippen molar-refractivity contribution in [2.75, 3.05) is 39.5 Å². The van der Waals surface area contributed by atoms with Gasteiger partial charge in [-0.3, -0.25) is 4.79 Å². The number of carbonyl (C=O) groups excluding carboxylic acids is 1. The number of ether oxygens (including phenoxy) is 2. The Labute approximate surface area is 122 Å². The Morgan fingerprint density at radius 1 is 1.37 bits per heavy atom. The zero-order valence-corrected chi connectivity index (χ0v) is 12.8. The van der Waals surface area contributed by atoms with E-state index in [1.807, 2.05) is 11.8 Å². The molecule has 19 heavy (non-hydrogen) atoms. The molecule has 6 heteroatoms. The van der Waals surface area contributed by atoms with E-state index in [1.165, 1.54) is 0 Å². The Kier molecular flexibility index (Phi) is 10.2. The van der Waals surface area contributed by atoms with Crippen LogP contribution in [0.1, 0.15) is 26.7 Å². The highest BCUT2D eigenvalue weighted by molar-refractivity contribution is 5.85. The fraction of sp³-hybridized carbons (Fsp3) is 0.923. The van der Waals surface area contributed by atoms with Gasteiger partial charge in [0.25, 0.3) is 0 Å². The maximum Gasteiger partial charge on any atom is 0.248 e. The largest absolute Gasteiger partial charge is 0.379 e. The molecular weight excluding hydrogens is 268 g/mol. The molecule has 0 bridgehead atoms. The van der Waals surface area contributed by atoms with E-state index < -0.39 is 0 Å². The van der Waals surface area contributed by atoms with Crippen LogP contribution in [0, 0.1) is 5.92 Å².